The highest BCUT2D eigenvalue weighted by atomic mass is 16.2. The zero-order chi connectivity index (χ0) is 16.1. The third-order valence-corrected chi connectivity index (χ3v) is 3.33. The number of amides is 1. The van der Waals surface area contributed by atoms with Gasteiger partial charge in [0, 0.05) is 5.56 Å². The summed E-state index contributed by atoms with van der Waals surface area (Å²) < 4.78 is 1.67. The molecular formula is C17H15N5O. The number of aromatic nitrogens is 3. The summed E-state index contributed by atoms with van der Waals surface area (Å²) in [7, 11) is 0. The Labute approximate surface area is 133 Å². The Morgan fingerprint density at radius 1 is 1.04 bits per heavy atom. The van der Waals surface area contributed by atoms with Crippen LogP contribution >= 0.6 is 0 Å². The van der Waals surface area contributed by atoms with Crippen molar-refractivity contribution in [1.82, 2.24) is 20.2 Å². The summed E-state index contributed by atoms with van der Waals surface area (Å²) in [6.45, 7) is 1.84. The number of hydrogen-bond donors (Lipinski definition) is 1. The highest BCUT2D eigenvalue weighted by molar-refractivity contribution is 6.00. The molecule has 0 unspecified atom stereocenters. The van der Waals surface area contributed by atoms with Gasteiger partial charge in [0.25, 0.3) is 5.91 Å². The van der Waals surface area contributed by atoms with E-state index in [9.17, 15) is 4.79 Å². The molecule has 3 aromatic rings. The lowest BCUT2D eigenvalue weighted by molar-refractivity contribution is 0.0955. The van der Waals surface area contributed by atoms with Gasteiger partial charge in [0.05, 0.1) is 11.4 Å². The van der Waals surface area contributed by atoms with Crippen LogP contribution in [-0.4, -0.2) is 26.4 Å². The molecule has 1 N–H and O–H groups in total. The zero-order valence-corrected chi connectivity index (χ0v) is 12.5. The number of hydrazone groups is 1. The average Bonchev–Trinajstić information content (AvgIpc) is 3.15. The van der Waals surface area contributed by atoms with Gasteiger partial charge in [-0.2, -0.15) is 10.2 Å². The van der Waals surface area contributed by atoms with E-state index in [0.29, 0.717) is 5.56 Å². The molecule has 0 aliphatic heterocycles. The monoisotopic (exact) mass is 305 g/mol. The van der Waals surface area contributed by atoms with Gasteiger partial charge in [-0.15, -0.1) is 0 Å². The molecule has 23 heavy (non-hydrogen) atoms. The smallest absolute Gasteiger partial charge is 0.267 e. The van der Waals surface area contributed by atoms with E-state index in [1.165, 1.54) is 6.33 Å². The third-order valence-electron chi connectivity index (χ3n) is 3.33. The third kappa shape index (κ3) is 3.49. The Kier molecular flexibility index (Phi) is 4.24. The van der Waals surface area contributed by atoms with Crippen LogP contribution < -0.4 is 5.43 Å². The first-order valence-corrected chi connectivity index (χ1v) is 7.09. The van der Waals surface area contributed by atoms with Gasteiger partial charge >= 0.3 is 0 Å². The lowest BCUT2D eigenvalue weighted by Crippen LogP contribution is -2.19. The van der Waals surface area contributed by atoms with Crippen LogP contribution in [0, 0.1) is 0 Å². The minimum Gasteiger partial charge on any atom is -0.267 e. The summed E-state index contributed by atoms with van der Waals surface area (Å²) in [5.74, 6) is -0.232. The first-order chi connectivity index (χ1) is 11.2. The topological polar surface area (TPSA) is 72.2 Å². The molecule has 0 fully saturated rings. The lowest BCUT2D eigenvalue weighted by Gasteiger charge is -2.05. The molecule has 0 aliphatic rings. The molecule has 2 aromatic carbocycles. The second kappa shape index (κ2) is 6.65. The first kappa shape index (κ1) is 14.6. The van der Waals surface area contributed by atoms with E-state index in [2.05, 4.69) is 20.6 Å². The highest BCUT2D eigenvalue weighted by Crippen LogP contribution is 2.09. The number of carbonyl (C=O) groups is 1. The molecule has 3 rings (SSSR count). The number of benzene rings is 2. The van der Waals surface area contributed by atoms with E-state index in [1.54, 1.807) is 23.1 Å². The summed E-state index contributed by atoms with van der Waals surface area (Å²) in [4.78, 5) is 15.9. The van der Waals surface area contributed by atoms with Gasteiger partial charge in [-0.05, 0) is 36.8 Å². The van der Waals surface area contributed by atoms with Crippen molar-refractivity contribution >= 4 is 11.6 Å². The number of nitrogens with zero attached hydrogens (tertiary/aromatic N) is 4. The molecule has 0 aliphatic carbocycles. The number of nitrogens with one attached hydrogen (secondary N) is 1. The van der Waals surface area contributed by atoms with Gasteiger partial charge in [0.2, 0.25) is 0 Å². The van der Waals surface area contributed by atoms with Crippen LogP contribution in [0.4, 0.5) is 0 Å². The fourth-order valence-corrected chi connectivity index (χ4v) is 2.05. The highest BCUT2D eigenvalue weighted by Gasteiger charge is 2.04. The second-order valence-corrected chi connectivity index (χ2v) is 4.89. The van der Waals surface area contributed by atoms with E-state index < -0.39 is 0 Å². The van der Waals surface area contributed by atoms with Gasteiger partial charge in [-0.1, -0.05) is 30.3 Å². The van der Waals surface area contributed by atoms with Gasteiger partial charge < -0.3 is 0 Å². The molecule has 0 saturated heterocycles. The Morgan fingerprint density at radius 2 is 1.78 bits per heavy atom. The molecule has 1 amide bonds. The van der Waals surface area contributed by atoms with Crippen molar-refractivity contribution in [1.29, 1.82) is 0 Å². The molecule has 0 atom stereocenters. The normalized spacial score (nSPS) is 11.3. The summed E-state index contributed by atoms with van der Waals surface area (Å²) in [5, 5.41) is 8.22. The van der Waals surface area contributed by atoms with Crippen LogP contribution in [0.15, 0.2) is 72.4 Å². The first-order valence-electron chi connectivity index (χ1n) is 7.09. The summed E-state index contributed by atoms with van der Waals surface area (Å²) in [6.07, 6.45) is 3.12. The van der Waals surface area contributed by atoms with E-state index in [1.807, 2.05) is 49.4 Å². The molecule has 0 spiro atoms. The summed E-state index contributed by atoms with van der Waals surface area (Å²) >= 11 is 0. The Balaban J connectivity index is 1.70. The predicted octanol–water partition coefficient (Wildman–Crippen LogP) is 2.42. The van der Waals surface area contributed by atoms with Crippen LogP contribution in [0.5, 0.6) is 0 Å². The zero-order valence-electron chi connectivity index (χ0n) is 12.5. The molecule has 6 heteroatoms. The maximum absolute atomic E-state index is 12.0. The standard InChI is InChI=1S/C17H15N5O/c1-13(20-21-17(23)15-5-3-2-4-6-15)14-7-9-16(10-8-14)22-12-18-11-19-22/h2-12H,1H3,(H,21,23)/b20-13+. The van der Waals surface area contributed by atoms with Crippen molar-refractivity contribution < 1.29 is 4.79 Å². The van der Waals surface area contributed by atoms with Gasteiger partial charge in [0.15, 0.2) is 0 Å². The van der Waals surface area contributed by atoms with E-state index in [-0.39, 0.29) is 5.91 Å². The minimum atomic E-state index is -0.232. The fraction of sp³-hybridized carbons (Fsp3) is 0.0588. The van der Waals surface area contributed by atoms with Crippen LogP contribution in [0.25, 0.3) is 5.69 Å². The van der Waals surface area contributed by atoms with Gasteiger partial charge in [-0.25, -0.2) is 15.1 Å². The number of carbonyl (C=O) groups excluding carboxylic acids is 1. The van der Waals surface area contributed by atoms with Crippen molar-refractivity contribution in [2.75, 3.05) is 0 Å². The predicted molar refractivity (Wildman–Crippen MR) is 87.5 cm³/mol. The quantitative estimate of drug-likeness (QED) is 0.594. The lowest BCUT2D eigenvalue weighted by atomic mass is 10.1. The second-order valence-electron chi connectivity index (χ2n) is 4.89. The maximum atomic E-state index is 12.0. The van der Waals surface area contributed by atoms with E-state index >= 15 is 0 Å². The van der Waals surface area contributed by atoms with Crippen molar-refractivity contribution in [3.63, 3.8) is 0 Å². The Morgan fingerprint density at radius 3 is 2.43 bits per heavy atom. The van der Waals surface area contributed by atoms with Crippen LogP contribution in [-0.2, 0) is 0 Å². The largest absolute Gasteiger partial charge is 0.271 e. The Hall–Kier alpha value is -3.28. The van der Waals surface area contributed by atoms with Gasteiger partial charge in [-0.3, -0.25) is 4.79 Å². The molecule has 1 aromatic heterocycles. The molecule has 114 valence electrons. The molecule has 6 nitrogen and oxygen atoms in total. The van der Waals surface area contributed by atoms with E-state index in [0.717, 1.165) is 17.0 Å². The van der Waals surface area contributed by atoms with Crippen molar-refractivity contribution in [3.8, 4) is 5.69 Å². The van der Waals surface area contributed by atoms with Crippen LogP contribution in [0.2, 0.25) is 0 Å². The van der Waals surface area contributed by atoms with Crippen molar-refractivity contribution in [2.45, 2.75) is 6.92 Å². The number of rotatable bonds is 4. The average molecular weight is 305 g/mol. The molecule has 0 saturated carbocycles. The Bertz CT molecular complexity index is 808. The minimum absolute atomic E-state index is 0.232. The molecular weight excluding hydrogens is 290 g/mol. The summed E-state index contributed by atoms with van der Waals surface area (Å²) in [6, 6.07) is 16.7. The van der Waals surface area contributed by atoms with Crippen molar-refractivity contribution in [2.24, 2.45) is 5.10 Å². The summed E-state index contributed by atoms with van der Waals surface area (Å²) in [5.41, 5.74) is 5.69. The molecule has 0 radical (unpaired) electrons. The van der Waals surface area contributed by atoms with E-state index in [4.69, 9.17) is 0 Å². The maximum Gasteiger partial charge on any atom is 0.271 e. The molecule has 1 heterocycles. The SMILES string of the molecule is C/C(=N\NC(=O)c1ccccc1)c1ccc(-n2cncn2)cc1. The van der Waals surface area contributed by atoms with Crippen molar-refractivity contribution in [3.05, 3.63) is 78.4 Å². The fourth-order valence-electron chi connectivity index (χ4n) is 2.05. The van der Waals surface area contributed by atoms with Crippen LogP contribution in [0.3, 0.4) is 0 Å². The van der Waals surface area contributed by atoms with Gasteiger partial charge in [0.1, 0.15) is 12.7 Å². The number of hydrogen-bond acceptors (Lipinski definition) is 4. The van der Waals surface area contributed by atoms with Crippen LogP contribution in [0.1, 0.15) is 22.8 Å². The molecule has 0 bridgehead atoms.